The van der Waals surface area contributed by atoms with Crippen molar-refractivity contribution in [3.63, 3.8) is 0 Å². The number of hydrogen-bond acceptors (Lipinski definition) is 9. The van der Waals surface area contributed by atoms with E-state index >= 15 is 0 Å². The Labute approximate surface area is 268 Å². The van der Waals surface area contributed by atoms with E-state index in [0.29, 0.717) is 18.6 Å². The highest BCUT2D eigenvalue weighted by Crippen LogP contribution is 2.52. The molecule has 0 radical (unpaired) electrons. The zero-order chi connectivity index (χ0) is 32.7. The first-order chi connectivity index (χ1) is 21.3. The predicted octanol–water partition coefficient (Wildman–Crippen LogP) is 5.26. The van der Waals surface area contributed by atoms with Crippen molar-refractivity contribution < 1.29 is 32.3 Å². The summed E-state index contributed by atoms with van der Waals surface area (Å²) in [5.41, 5.74) is -1.63. The van der Waals surface area contributed by atoms with Gasteiger partial charge >= 0.3 is 22.8 Å². The molecule has 4 heterocycles. The molecule has 1 aromatic carbocycles. The molecule has 45 heavy (non-hydrogen) atoms. The molecule has 248 valence electrons. The molecule has 2 N–H and O–H groups in total. The van der Waals surface area contributed by atoms with Crippen molar-refractivity contribution in [3.05, 3.63) is 58.6 Å². The molecule has 3 aliphatic heterocycles. The highest BCUT2D eigenvalue weighted by molar-refractivity contribution is 6.84. The molecule has 1 amide bonds. The zero-order valence-corrected chi connectivity index (χ0v) is 29.7. The van der Waals surface area contributed by atoms with Gasteiger partial charge in [-0.05, 0) is 53.2 Å². The van der Waals surface area contributed by atoms with Gasteiger partial charge in [0.25, 0.3) is 5.91 Å². The molecular weight excluding hydrogens is 611 g/mol. The van der Waals surface area contributed by atoms with E-state index < -0.39 is 53.0 Å². The molecule has 1 aromatic heterocycles. The topological polar surface area (TPSA) is 130 Å². The number of benzene rings is 1. The number of hydrogen-bond donors (Lipinski definition) is 2. The van der Waals surface area contributed by atoms with Crippen molar-refractivity contribution in [1.82, 2.24) is 9.55 Å². The summed E-state index contributed by atoms with van der Waals surface area (Å²) in [6, 6.07) is 10.2. The quantitative estimate of drug-likeness (QED) is 0.365. The van der Waals surface area contributed by atoms with Crippen LogP contribution in [0, 0.1) is 0 Å². The molecule has 5 rings (SSSR count). The molecule has 2 aromatic rings. The number of rotatable bonds is 8. The lowest BCUT2D eigenvalue weighted by atomic mass is 9.86. The van der Waals surface area contributed by atoms with Crippen LogP contribution in [0.25, 0.3) is 0 Å². The summed E-state index contributed by atoms with van der Waals surface area (Å²) in [5, 5.41) is 15.5. The number of fused-ring (bicyclic) bond motifs is 1. The van der Waals surface area contributed by atoms with E-state index in [0.717, 1.165) is 6.42 Å². The molecule has 13 heteroatoms. The van der Waals surface area contributed by atoms with Gasteiger partial charge in [-0.25, -0.2) is 4.79 Å². The summed E-state index contributed by atoms with van der Waals surface area (Å²) in [4.78, 5) is 30.5. The summed E-state index contributed by atoms with van der Waals surface area (Å²) in [6.07, 6.45) is -0.555. The fraction of sp³-hybridized carbons (Fsp3) is 0.656. The lowest BCUT2D eigenvalue weighted by molar-refractivity contribution is -0.174. The van der Waals surface area contributed by atoms with Gasteiger partial charge in [0.15, 0.2) is 11.8 Å². The first kappa shape index (κ1) is 34.1. The minimum atomic E-state index is -3.12. The summed E-state index contributed by atoms with van der Waals surface area (Å²) in [7, 11) is -5.98. The number of aliphatic hydroxyl groups is 1. The standard InChI is InChI=1S/C32H49N3O8Si2/c1-20(2)44(21(3)4)40-19-25-28(42-45(43-44,22(5)6)23(7)8)32(38,26-15-12-18-39-26)30(41-25)35-17-16-27(34-31(35)37)33-29(36)24-13-10-9-11-14-24/h9-11,13-14,16-17,20-23,25-26,28,30,38H,12,15,18-19H2,1-8H3,(H,33,34,36,37)/t25-,26?,28-,30-,32-/m1/s1. The van der Waals surface area contributed by atoms with E-state index in [1.807, 2.05) is 6.07 Å². The Balaban J connectivity index is 1.57. The molecule has 0 aliphatic carbocycles. The van der Waals surface area contributed by atoms with Crippen molar-refractivity contribution in [2.75, 3.05) is 18.5 Å². The summed E-state index contributed by atoms with van der Waals surface area (Å²) in [6.45, 7) is 17.7. The molecule has 3 saturated heterocycles. The Kier molecular flexibility index (Phi) is 9.93. The van der Waals surface area contributed by atoms with Crippen LogP contribution in [-0.2, 0) is 22.4 Å². The largest absolute Gasteiger partial charge is 0.414 e. The Morgan fingerprint density at radius 1 is 1.00 bits per heavy atom. The first-order valence-electron chi connectivity index (χ1n) is 16.2. The SMILES string of the molecule is CC(C)[Si]1(C(C)C)OC[C@H]2O[C@@H](n3ccc(NC(=O)c4ccccc4)nc3=O)[C@@](O)(C3CCCO3)[C@@H]2O[Si](C(C)C)(C(C)C)O1. The average molecular weight is 660 g/mol. The maximum atomic E-state index is 13.6. The second-order valence-corrected chi connectivity index (χ2v) is 22.6. The molecule has 11 nitrogen and oxygen atoms in total. The van der Waals surface area contributed by atoms with Crippen molar-refractivity contribution in [2.45, 2.75) is 121 Å². The minimum absolute atomic E-state index is 0.0360. The second-order valence-electron chi connectivity index (χ2n) is 13.8. The molecular formula is C32H49N3O8Si2. The summed E-state index contributed by atoms with van der Waals surface area (Å²) >= 11 is 0. The van der Waals surface area contributed by atoms with Crippen LogP contribution in [0.1, 0.15) is 84.8 Å². The van der Waals surface area contributed by atoms with Crippen LogP contribution in [-0.4, -0.2) is 74.8 Å². The number of nitrogens with zero attached hydrogens (tertiary/aromatic N) is 2. The van der Waals surface area contributed by atoms with E-state index in [4.69, 9.17) is 22.4 Å². The van der Waals surface area contributed by atoms with Gasteiger partial charge in [0, 0.05) is 18.4 Å². The Bertz CT molecular complexity index is 1380. The van der Waals surface area contributed by atoms with Gasteiger partial charge in [-0.1, -0.05) is 73.6 Å². The molecule has 0 bridgehead atoms. The van der Waals surface area contributed by atoms with E-state index in [-0.39, 0.29) is 40.5 Å². The monoisotopic (exact) mass is 659 g/mol. The van der Waals surface area contributed by atoms with Crippen LogP contribution in [0.15, 0.2) is 47.4 Å². The third-order valence-electron chi connectivity index (χ3n) is 9.62. The summed E-state index contributed by atoms with van der Waals surface area (Å²) in [5.74, 6) is -0.289. The van der Waals surface area contributed by atoms with Gasteiger partial charge < -0.3 is 32.9 Å². The third kappa shape index (κ3) is 6.02. The van der Waals surface area contributed by atoms with Crippen molar-refractivity contribution in [2.24, 2.45) is 0 Å². The van der Waals surface area contributed by atoms with E-state index in [1.165, 1.54) is 16.8 Å². The fourth-order valence-corrected chi connectivity index (χ4v) is 18.5. The van der Waals surface area contributed by atoms with Crippen LogP contribution < -0.4 is 11.0 Å². The highest BCUT2D eigenvalue weighted by atomic mass is 28.5. The molecule has 5 atom stereocenters. The molecule has 3 aliphatic rings. The predicted molar refractivity (Wildman–Crippen MR) is 175 cm³/mol. The smallest absolute Gasteiger partial charge is 0.351 e. The number of aromatic nitrogens is 2. The zero-order valence-electron chi connectivity index (χ0n) is 27.7. The van der Waals surface area contributed by atoms with E-state index in [9.17, 15) is 14.7 Å². The van der Waals surface area contributed by atoms with Gasteiger partial charge in [-0.2, -0.15) is 4.98 Å². The number of ether oxygens (including phenoxy) is 2. The molecule has 1 unspecified atom stereocenters. The number of amides is 1. The van der Waals surface area contributed by atoms with E-state index in [2.05, 4.69) is 65.7 Å². The van der Waals surface area contributed by atoms with Gasteiger partial charge in [0.1, 0.15) is 18.0 Å². The van der Waals surface area contributed by atoms with Gasteiger partial charge in [0.05, 0.1) is 12.7 Å². The lowest BCUT2D eigenvalue weighted by Gasteiger charge is -2.52. The highest BCUT2D eigenvalue weighted by Gasteiger charge is 2.68. The third-order valence-corrected chi connectivity index (χ3v) is 19.9. The van der Waals surface area contributed by atoms with Crippen LogP contribution in [0.4, 0.5) is 5.82 Å². The van der Waals surface area contributed by atoms with Crippen molar-refractivity contribution in [3.8, 4) is 0 Å². The van der Waals surface area contributed by atoms with Crippen LogP contribution in [0.2, 0.25) is 22.2 Å². The van der Waals surface area contributed by atoms with Crippen molar-refractivity contribution >= 4 is 28.8 Å². The Morgan fingerprint density at radius 2 is 1.64 bits per heavy atom. The number of nitrogens with one attached hydrogen (secondary N) is 1. The molecule has 0 saturated carbocycles. The molecule has 0 spiro atoms. The first-order valence-corrected chi connectivity index (χ1v) is 20.2. The minimum Gasteiger partial charge on any atom is -0.414 e. The summed E-state index contributed by atoms with van der Waals surface area (Å²) < 4.78 is 35.5. The maximum absolute atomic E-state index is 13.6. The normalized spacial score (nSPS) is 29.6. The van der Waals surface area contributed by atoms with Gasteiger partial charge in [-0.3, -0.25) is 9.36 Å². The number of anilines is 1. The van der Waals surface area contributed by atoms with Gasteiger partial charge in [-0.15, -0.1) is 0 Å². The Hall–Kier alpha value is -2.24. The lowest BCUT2D eigenvalue weighted by Crippen LogP contribution is -2.68. The second kappa shape index (κ2) is 13.1. The number of carbonyl (C=O) groups is 1. The van der Waals surface area contributed by atoms with Crippen LogP contribution in [0.5, 0.6) is 0 Å². The Morgan fingerprint density at radius 3 is 2.20 bits per heavy atom. The van der Waals surface area contributed by atoms with E-state index in [1.54, 1.807) is 24.3 Å². The average Bonchev–Trinajstić information content (AvgIpc) is 3.61. The van der Waals surface area contributed by atoms with Crippen LogP contribution in [0.3, 0.4) is 0 Å². The van der Waals surface area contributed by atoms with Crippen LogP contribution >= 0.6 is 0 Å². The maximum Gasteiger partial charge on any atom is 0.351 e. The fourth-order valence-electron chi connectivity index (χ4n) is 7.22. The molecule has 3 fully saturated rings. The van der Waals surface area contributed by atoms with Crippen molar-refractivity contribution in [1.29, 1.82) is 0 Å². The number of carbonyl (C=O) groups excluding carboxylic acids is 1. The van der Waals surface area contributed by atoms with Gasteiger partial charge in [0.2, 0.25) is 0 Å².